The van der Waals surface area contributed by atoms with Gasteiger partial charge in [-0.1, -0.05) is 24.3 Å². The van der Waals surface area contributed by atoms with Gasteiger partial charge in [-0.2, -0.15) is 0 Å². The lowest BCUT2D eigenvalue weighted by Crippen LogP contribution is -2.28. The van der Waals surface area contributed by atoms with E-state index in [1.165, 1.54) is 4.90 Å². The molecule has 1 heterocycles. The first-order chi connectivity index (χ1) is 8.20. The quantitative estimate of drug-likeness (QED) is 0.588. The van der Waals surface area contributed by atoms with Gasteiger partial charge in [-0.3, -0.25) is 9.59 Å². The van der Waals surface area contributed by atoms with Crippen molar-refractivity contribution in [3.63, 3.8) is 0 Å². The molecule has 0 aliphatic carbocycles. The molecule has 17 heavy (non-hydrogen) atoms. The fourth-order valence-corrected chi connectivity index (χ4v) is 1.94. The molecule has 86 valence electrons. The zero-order valence-electron chi connectivity index (χ0n) is 9.64. The van der Waals surface area contributed by atoms with Crippen LogP contribution < -0.4 is 0 Å². The van der Waals surface area contributed by atoms with Gasteiger partial charge in [-0.25, -0.2) is 4.90 Å². The molecular weight excluding hydrogens is 214 g/mol. The molecule has 0 aromatic heterocycles. The molecule has 3 nitrogen and oxygen atoms in total. The molecule has 0 radical (unpaired) electrons. The molecule has 1 aliphatic rings. The fraction of sp³-hybridized carbons (Fsp3) is 0.143. The van der Waals surface area contributed by atoms with Gasteiger partial charge in [0.1, 0.15) is 0 Å². The Kier molecular flexibility index (Phi) is 2.91. The average Bonchev–Trinajstić information content (AvgIpc) is 2.61. The number of allylic oxidation sites excluding steroid dienone is 2. The lowest BCUT2D eigenvalue weighted by Gasteiger charge is -2.16. The lowest BCUT2D eigenvalue weighted by molar-refractivity contribution is 0.0701. The van der Waals surface area contributed by atoms with Crippen molar-refractivity contribution < 1.29 is 9.59 Å². The van der Waals surface area contributed by atoms with Crippen molar-refractivity contribution in [1.29, 1.82) is 0 Å². The second kappa shape index (κ2) is 4.37. The van der Waals surface area contributed by atoms with E-state index in [1.54, 1.807) is 36.4 Å². The van der Waals surface area contributed by atoms with Gasteiger partial charge < -0.3 is 0 Å². The van der Waals surface area contributed by atoms with Gasteiger partial charge in [-0.05, 0) is 19.1 Å². The van der Waals surface area contributed by atoms with Crippen LogP contribution in [-0.2, 0) is 0 Å². The number of rotatable bonds is 3. The number of carbonyl (C=O) groups is 2. The highest BCUT2D eigenvalue weighted by molar-refractivity contribution is 6.22. The zero-order valence-corrected chi connectivity index (χ0v) is 9.64. The molecule has 0 N–H and O–H groups in total. The minimum absolute atomic E-state index is 0.249. The maximum Gasteiger partial charge on any atom is 0.265 e. The highest BCUT2D eigenvalue weighted by atomic mass is 16.2. The number of amides is 2. The van der Waals surface area contributed by atoms with Gasteiger partial charge in [-0.15, -0.1) is 6.58 Å². The average molecular weight is 227 g/mol. The summed E-state index contributed by atoms with van der Waals surface area (Å²) in [7, 11) is 0. The summed E-state index contributed by atoms with van der Waals surface area (Å²) in [6.07, 6.45) is 3.95. The van der Waals surface area contributed by atoms with E-state index in [2.05, 4.69) is 6.58 Å². The van der Waals surface area contributed by atoms with E-state index >= 15 is 0 Å². The van der Waals surface area contributed by atoms with E-state index in [9.17, 15) is 9.59 Å². The molecule has 0 atom stereocenters. The third-order valence-electron chi connectivity index (χ3n) is 2.77. The molecule has 0 saturated heterocycles. The Morgan fingerprint density at radius 1 is 1.24 bits per heavy atom. The summed E-state index contributed by atoms with van der Waals surface area (Å²) >= 11 is 0. The molecule has 3 heteroatoms. The van der Waals surface area contributed by atoms with Crippen LogP contribution in [0.5, 0.6) is 0 Å². The molecule has 0 bridgehead atoms. The van der Waals surface area contributed by atoms with Crippen molar-refractivity contribution in [2.45, 2.75) is 13.3 Å². The summed E-state index contributed by atoms with van der Waals surface area (Å²) in [5, 5.41) is 0. The number of hydrogen-bond acceptors (Lipinski definition) is 2. The third kappa shape index (κ3) is 1.69. The number of benzene rings is 1. The Bertz CT molecular complexity index is 494. The number of imide groups is 1. The number of carbonyl (C=O) groups excluding carboxylic acids is 2. The van der Waals surface area contributed by atoms with Crippen LogP contribution in [0, 0.1) is 0 Å². The van der Waals surface area contributed by atoms with Gasteiger partial charge in [0.15, 0.2) is 0 Å². The van der Waals surface area contributed by atoms with Gasteiger partial charge >= 0.3 is 0 Å². The van der Waals surface area contributed by atoms with Crippen LogP contribution in [0.1, 0.15) is 34.1 Å². The lowest BCUT2D eigenvalue weighted by atomic mass is 10.1. The van der Waals surface area contributed by atoms with E-state index in [-0.39, 0.29) is 11.8 Å². The normalized spacial score (nSPS) is 15.1. The van der Waals surface area contributed by atoms with Gasteiger partial charge in [0.2, 0.25) is 0 Å². The van der Waals surface area contributed by atoms with Crippen LogP contribution >= 0.6 is 0 Å². The maximum atomic E-state index is 12.1. The van der Waals surface area contributed by atoms with Crippen LogP contribution in [0.4, 0.5) is 0 Å². The predicted molar refractivity (Wildman–Crippen MR) is 65.5 cm³/mol. The second-order valence-electron chi connectivity index (χ2n) is 3.76. The molecule has 2 rings (SSSR count). The molecule has 1 aromatic carbocycles. The summed E-state index contributed by atoms with van der Waals surface area (Å²) < 4.78 is 0. The minimum Gasteiger partial charge on any atom is -0.268 e. The van der Waals surface area contributed by atoms with Crippen molar-refractivity contribution in [2.24, 2.45) is 0 Å². The van der Waals surface area contributed by atoms with Crippen LogP contribution in [0.15, 0.2) is 48.7 Å². The van der Waals surface area contributed by atoms with E-state index in [1.807, 2.05) is 6.92 Å². The molecule has 0 spiro atoms. The van der Waals surface area contributed by atoms with E-state index in [4.69, 9.17) is 0 Å². The van der Waals surface area contributed by atoms with Gasteiger partial charge in [0, 0.05) is 12.1 Å². The Balaban J connectivity index is 2.46. The Morgan fingerprint density at radius 3 is 2.18 bits per heavy atom. The first-order valence-corrected chi connectivity index (χ1v) is 5.44. The zero-order chi connectivity index (χ0) is 12.4. The number of nitrogens with zero attached hydrogens (tertiary/aromatic N) is 1. The van der Waals surface area contributed by atoms with Crippen LogP contribution in [0.2, 0.25) is 0 Å². The standard InChI is InChI=1S/C14H13NO2/c1-3-7-10(4-2)15-13(16)11-8-5-6-9-12(11)14(15)17/h3-6,8-9H,1,7H2,2H3/b10-4-. The van der Waals surface area contributed by atoms with Crippen molar-refractivity contribution >= 4 is 11.8 Å². The van der Waals surface area contributed by atoms with Gasteiger partial charge in [0.05, 0.1) is 11.1 Å². The molecule has 0 fully saturated rings. The van der Waals surface area contributed by atoms with Crippen molar-refractivity contribution in [2.75, 3.05) is 0 Å². The van der Waals surface area contributed by atoms with Crippen molar-refractivity contribution in [3.8, 4) is 0 Å². The second-order valence-corrected chi connectivity index (χ2v) is 3.76. The smallest absolute Gasteiger partial charge is 0.265 e. The molecule has 1 aliphatic heterocycles. The highest BCUT2D eigenvalue weighted by Gasteiger charge is 2.36. The predicted octanol–water partition coefficient (Wildman–Crippen LogP) is 2.76. The highest BCUT2D eigenvalue weighted by Crippen LogP contribution is 2.27. The first kappa shape index (κ1) is 11.3. The Morgan fingerprint density at radius 2 is 1.76 bits per heavy atom. The number of hydrogen-bond donors (Lipinski definition) is 0. The van der Waals surface area contributed by atoms with E-state index in [0.29, 0.717) is 23.2 Å². The summed E-state index contributed by atoms with van der Waals surface area (Å²) in [6, 6.07) is 6.88. The van der Waals surface area contributed by atoms with Crippen molar-refractivity contribution in [1.82, 2.24) is 4.90 Å². The fourth-order valence-electron chi connectivity index (χ4n) is 1.94. The third-order valence-corrected chi connectivity index (χ3v) is 2.77. The number of fused-ring (bicyclic) bond motifs is 1. The Hall–Kier alpha value is -2.16. The SMILES string of the molecule is C=CC/C(=C/C)N1C(=O)c2ccccc2C1=O. The van der Waals surface area contributed by atoms with E-state index in [0.717, 1.165) is 0 Å². The molecule has 0 saturated carbocycles. The monoisotopic (exact) mass is 227 g/mol. The van der Waals surface area contributed by atoms with Crippen LogP contribution in [0.3, 0.4) is 0 Å². The summed E-state index contributed by atoms with van der Waals surface area (Å²) in [6.45, 7) is 5.44. The van der Waals surface area contributed by atoms with Crippen LogP contribution in [-0.4, -0.2) is 16.7 Å². The first-order valence-electron chi connectivity index (χ1n) is 5.44. The van der Waals surface area contributed by atoms with Crippen molar-refractivity contribution in [3.05, 3.63) is 59.8 Å². The molecule has 0 unspecified atom stereocenters. The Labute approximate surface area is 100 Å². The molecular formula is C14H13NO2. The topological polar surface area (TPSA) is 37.4 Å². The summed E-state index contributed by atoms with van der Waals surface area (Å²) in [5.41, 5.74) is 1.62. The summed E-state index contributed by atoms with van der Waals surface area (Å²) in [4.78, 5) is 25.5. The largest absolute Gasteiger partial charge is 0.268 e. The van der Waals surface area contributed by atoms with E-state index < -0.39 is 0 Å². The molecule has 2 amide bonds. The molecule has 1 aromatic rings. The maximum absolute atomic E-state index is 12.1. The van der Waals surface area contributed by atoms with Crippen LogP contribution in [0.25, 0.3) is 0 Å². The van der Waals surface area contributed by atoms with Gasteiger partial charge in [0.25, 0.3) is 11.8 Å². The summed E-state index contributed by atoms with van der Waals surface area (Å²) in [5.74, 6) is -0.499. The minimum atomic E-state index is -0.249.